The maximum absolute atomic E-state index is 13.1. The van der Waals surface area contributed by atoms with Gasteiger partial charge >= 0.3 is 0 Å². The summed E-state index contributed by atoms with van der Waals surface area (Å²) in [6, 6.07) is 9.03. The average Bonchev–Trinajstić information content (AvgIpc) is 2.30. The lowest BCUT2D eigenvalue weighted by Gasteiger charge is -2.07. The summed E-state index contributed by atoms with van der Waals surface area (Å²) in [6.45, 7) is 0. The van der Waals surface area contributed by atoms with Gasteiger partial charge in [-0.2, -0.15) is 5.26 Å². The van der Waals surface area contributed by atoms with Crippen LogP contribution in [0.2, 0.25) is 5.02 Å². The predicted octanol–water partition coefficient (Wildman–Crippen LogP) is 3.07. The molecule has 2 rings (SSSR count). The van der Waals surface area contributed by atoms with E-state index in [1.165, 1.54) is 12.1 Å². The lowest BCUT2D eigenvalue weighted by molar-refractivity contribution is 0.628. The second-order valence-corrected chi connectivity index (χ2v) is 3.97. The third-order valence-electron chi connectivity index (χ3n) is 2.17. The standard InChI is InChI=1S/C12H8ClFN4/c13-7-3-8(14)5-9(4-7)17-12-2-1-10(16)11(6-15)18-12/h1-5H,16H2,(H,17,18). The van der Waals surface area contributed by atoms with E-state index in [1.807, 2.05) is 6.07 Å². The van der Waals surface area contributed by atoms with Crippen molar-refractivity contribution in [3.05, 3.63) is 46.9 Å². The van der Waals surface area contributed by atoms with Gasteiger partial charge in [0.15, 0.2) is 5.69 Å². The van der Waals surface area contributed by atoms with E-state index in [-0.39, 0.29) is 10.7 Å². The number of hydrogen-bond acceptors (Lipinski definition) is 4. The molecule has 90 valence electrons. The molecule has 0 saturated heterocycles. The van der Waals surface area contributed by atoms with Gasteiger partial charge < -0.3 is 11.1 Å². The Morgan fingerprint density at radius 2 is 2.11 bits per heavy atom. The van der Waals surface area contributed by atoms with Gasteiger partial charge in [-0.3, -0.25) is 0 Å². The molecule has 0 unspecified atom stereocenters. The minimum absolute atomic E-state index is 0.113. The third kappa shape index (κ3) is 2.67. The molecule has 2 aromatic rings. The molecule has 0 radical (unpaired) electrons. The molecule has 0 aliphatic heterocycles. The van der Waals surface area contributed by atoms with E-state index in [1.54, 1.807) is 18.2 Å². The molecule has 0 fully saturated rings. The normalized spacial score (nSPS) is 9.83. The number of rotatable bonds is 2. The highest BCUT2D eigenvalue weighted by molar-refractivity contribution is 6.30. The van der Waals surface area contributed by atoms with Crippen molar-refractivity contribution in [1.29, 1.82) is 5.26 Å². The van der Waals surface area contributed by atoms with E-state index >= 15 is 0 Å². The van der Waals surface area contributed by atoms with Gasteiger partial charge in [-0.1, -0.05) is 11.6 Å². The van der Waals surface area contributed by atoms with Gasteiger partial charge in [0.2, 0.25) is 0 Å². The molecule has 4 nitrogen and oxygen atoms in total. The molecule has 0 saturated carbocycles. The first-order chi connectivity index (χ1) is 8.58. The number of anilines is 3. The van der Waals surface area contributed by atoms with Crippen LogP contribution in [0.1, 0.15) is 5.69 Å². The lowest BCUT2D eigenvalue weighted by Crippen LogP contribution is -1.99. The Balaban J connectivity index is 2.31. The molecule has 0 aliphatic carbocycles. The number of benzene rings is 1. The Kier molecular flexibility index (Phi) is 3.31. The van der Waals surface area contributed by atoms with E-state index in [0.717, 1.165) is 0 Å². The smallest absolute Gasteiger partial charge is 0.165 e. The molecule has 0 spiro atoms. The van der Waals surface area contributed by atoms with Gasteiger partial charge in [-0.05, 0) is 30.3 Å². The summed E-state index contributed by atoms with van der Waals surface area (Å²) in [5, 5.41) is 11.9. The Morgan fingerprint density at radius 1 is 1.33 bits per heavy atom. The lowest BCUT2D eigenvalue weighted by atomic mass is 10.3. The van der Waals surface area contributed by atoms with E-state index in [9.17, 15) is 4.39 Å². The summed E-state index contributed by atoms with van der Waals surface area (Å²) in [4.78, 5) is 3.98. The SMILES string of the molecule is N#Cc1nc(Nc2cc(F)cc(Cl)c2)ccc1N. The van der Waals surface area contributed by atoms with Gasteiger partial charge in [0.05, 0.1) is 5.69 Å². The quantitative estimate of drug-likeness (QED) is 0.872. The van der Waals surface area contributed by atoms with Gasteiger partial charge in [-0.25, -0.2) is 9.37 Å². The van der Waals surface area contributed by atoms with Crippen molar-refractivity contribution < 1.29 is 4.39 Å². The zero-order valence-electron chi connectivity index (χ0n) is 9.11. The highest BCUT2D eigenvalue weighted by atomic mass is 35.5. The number of nitrogen functional groups attached to an aromatic ring is 1. The van der Waals surface area contributed by atoms with Crippen LogP contribution in [0.15, 0.2) is 30.3 Å². The van der Waals surface area contributed by atoms with Crippen molar-refractivity contribution in [2.75, 3.05) is 11.1 Å². The molecule has 18 heavy (non-hydrogen) atoms. The van der Waals surface area contributed by atoms with Crippen LogP contribution < -0.4 is 11.1 Å². The van der Waals surface area contributed by atoms with Gasteiger partial charge in [0.25, 0.3) is 0 Å². The zero-order valence-corrected chi connectivity index (χ0v) is 9.87. The highest BCUT2D eigenvalue weighted by Crippen LogP contribution is 2.22. The molecule has 0 amide bonds. The first-order valence-electron chi connectivity index (χ1n) is 4.98. The van der Waals surface area contributed by atoms with Crippen LogP contribution in [0, 0.1) is 17.1 Å². The molecule has 0 atom stereocenters. The fourth-order valence-electron chi connectivity index (χ4n) is 1.40. The van der Waals surface area contributed by atoms with Crippen LogP contribution in [0.4, 0.5) is 21.6 Å². The van der Waals surface area contributed by atoms with Gasteiger partial charge in [0.1, 0.15) is 17.7 Å². The van der Waals surface area contributed by atoms with Crippen LogP contribution >= 0.6 is 11.6 Å². The first kappa shape index (κ1) is 12.1. The Bertz CT molecular complexity index is 616. The zero-order chi connectivity index (χ0) is 13.1. The van der Waals surface area contributed by atoms with Crippen LogP contribution in [0.3, 0.4) is 0 Å². The molecule has 0 bridgehead atoms. The van der Waals surface area contributed by atoms with E-state index < -0.39 is 5.82 Å². The van der Waals surface area contributed by atoms with Gasteiger partial charge in [0, 0.05) is 10.7 Å². The maximum atomic E-state index is 13.1. The fraction of sp³-hybridized carbons (Fsp3) is 0. The summed E-state index contributed by atoms with van der Waals surface area (Å²) >= 11 is 5.73. The topological polar surface area (TPSA) is 74.7 Å². The summed E-state index contributed by atoms with van der Waals surface area (Å²) in [5.74, 6) is -0.0663. The number of hydrogen-bond donors (Lipinski definition) is 2. The molecular formula is C12H8ClFN4. The van der Waals surface area contributed by atoms with Crippen LogP contribution in [-0.2, 0) is 0 Å². The predicted molar refractivity (Wildman–Crippen MR) is 68.1 cm³/mol. The monoisotopic (exact) mass is 262 g/mol. The van der Waals surface area contributed by atoms with Crippen LogP contribution in [-0.4, -0.2) is 4.98 Å². The van der Waals surface area contributed by atoms with Gasteiger partial charge in [-0.15, -0.1) is 0 Å². The molecule has 1 heterocycles. The van der Waals surface area contributed by atoms with Crippen LogP contribution in [0.25, 0.3) is 0 Å². The van der Waals surface area contributed by atoms with Crippen molar-refractivity contribution in [1.82, 2.24) is 4.98 Å². The molecule has 1 aromatic heterocycles. The number of pyridine rings is 1. The summed E-state index contributed by atoms with van der Waals surface area (Å²) < 4.78 is 13.1. The van der Waals surface area contributed by atoms with Crippen LogP contribution in [0.5, 0.6) is 0 Å². The first-order valence-corrected chi connectivity index (χ1v) is 5.36. The number of nitrogens with two attached hydrogens (primary N) is 1. The Morgan fingerprint density at radius 3 is 2.78 bits per heavy atom. The second-order valence-electron chi connectivity index (χ2n) is 3.53. The summed E-state index contributed by atoms with van der Waals surface area (Å²) in [6.07, 6.45) is 0. The molecule has 6 heteroatoms. The number of nitrogens with one attached hydrogen (secondary N) is 1. The van der Waals surface area contributed by atoms with E-state index in [2.05, 4.69) is 10.3 Å². The largest absolute Gasteiger partial charge is 0.396 e. The molecular weight excluding hydrogens is 255 g/mol. The minimum Gasteiger partial charge on any atom is -0.396 e. The van der Waals surface area contributed by atoms with Crippen molar-refractivity contribution in [3.8, 4) is 6.07 Å². The van der Waals surface area contributed by atoms with Crippen molar-refractivity contribution in [2.45, 2.75) is 0 Å². The fourth-order valence-corrected chi connectivity index (χ4v) is 1.62. The average molecular weight is 263 g/mol. The van der Waals surface area contributed by atoms with E-state index in [4.69, 9.17) is 22.6 Å². The number of nitriles is 1. The number of halogens is 2. The Labute approximate surface area is 108 Å². The third-order valence-corrected chi connectivity index (χ3v) is 2.39. The van der Waals surface area contributed by atoms with Crippen molar-refractivity contribution >= 4 is 28.8 Å². The maximum Gasteiger partial charge on any atom is 0.165 e. The van der Waals surface area contributed by atoms with Crippen molar-refractivity contribution in [2.24, 2.45) is 0 Å². The second kappa shape index (κ2) is 4.90. The minimum atomic E-state index is -0.457. The summed E-state index contributed by atoms with van der Waals surface area (Å²) in [7, 11) is 0. The summed E-state index contributed by atoms with van der Waals surface area (Å²) in [5.41, 5.74) is 6.40. The molecule has 0 aliphatic rings. The van der Waals surface area contributed by atoms with Crippen molar-refractivity contribution in [3.63, 3.8) is 0 Å². The Hall–Kier alpha value is -2.32. The molecule has 3 N–H and O–H groups in total. The highest BCUT2D eigenvalue weighted by Gasteiger charge is 2.04. The molecule has 1 aromatic carbocycles. The number of nitrogens with zero attached hydrogens (tertiary/aromatic N) is 2. The number of aromatic nitrogens is 1. The van der Waals surface area contributed by atoms with E-state index in [0.29, 0.717) is 17.2 Å².